The molecule has 0 amide bonds. The first-order valence-corrected chi connectivity index (χ1v) is 7.79. The molecule has 22 heavy (non-hydrogen) atoms. The molecule has 1 saturated heterocycles. The van der Waals surface area contributed by atoms with E-state index in [9.17, 15) is 23.4 Å². The van der Waals surface area contributed by atoms with E-state index in [2.05, 4.69) is 10.3 Å². The Balaban J connectivity index is 2.17. The molecule has 10 heteroatoms. The lowest BCUT2D eigenvalue weighted by molar-refractivity contribution is -0.284. The van der Waals surface area contributed by atoms with Crippen molar-refractivity contribution < 1.29 is 32.9 Å². The minimum absolute atomic E-state index is 0.119. The number of aliphatic hydroxyl groups excluding tert-OH is 2. The fraction of sp³-hybridized carbons (Fsp3) is 0.917. The first kappa shape index (κ1) is 17.8. The third kappa shape index (κ3) is 3.51. The molecular formula is C12H19F3N2O4S. The van der Waals surface area contributed by atoms with Gasteiger partial charge in [-0.05, 0) is 6.42 Å². The van der Waals surface area contributed by atoms with Crippen molar-refractivity contribution in [1.29, 1.82) is 0 Å². The van der Waals surface area contributed by atoms with E-state index in [0.717, 1.165) is 11.8 Å². The van der Waals surface area contributed by atoms with E-state index in [0.29, 0.717) is 11.6 Å². The van der Waals surface area contributed by atoms with E-state index in [4.69, 9.17) is 9.47 Å². The fourth-order valence-corrected chi connectivity index (χ4v) is 3.44. The fourth-order valence-electron chi connectivity index (χ4n) is 2.38. The zero-order valence-electron chi connectivity index (χ0n) is 12.1. The number of rotatable bonds is 4. The van der Waals surface area contributed by atoms with E-state index < -0.39 is 42.1 Å². The molecule has 0 aromatic heterocycles. The summed E-state index contributed by atoms with van der Waals surface area (Å²) in [6, 6.07) is -0.807. The number of nitrogens with one attached hydrogen (secondary N) is 1. The number of thioether (sulfide) groups is 1. The van der Waals surface area contributed by atoms with Crippen LogP contribution in [0.5, 0.6) is 0 Å². The molecule has 2 aliphatic heterocycles. The van der Waals surface area contributed by atoms with Crippen LogP contribution in [0.1, 0.15) is 13.3 Å². The normalized spacial score (nSPS) is 36.7. The van der Waals surface area contributed by atoms with Gasteiger partial charge in [-0.2, -0.15) is 13.2 Å². The number of amidine groups is 1. The maximum absolute atomic E-state index is 13.2. The van der Waals surface area contributed by atoms with Crippen LogP contribution in [0.2, 0.25) is 0 Å². The van der Waals surface area contributed by atoms with Crippen LogP contribution in [0.3, 0.4) is 0 Å². The molecule has 2 rings (SSSR count). The molecule has 0 radical (unpaired) electrons. The maximum atomic E-state index is 13.2. The third-order valence-electron chi connectivity index (χ3n) is 3.44. The molecule has 0 spiro atoms. The summed E-state index contributed by atoms with van der Waals surface area (Å²) in [5, 5.41) is 23.3. The summed E-state index contributed by atoms with van der Waals surface area (Å²) in [7, 11) is 1.60. The molecule has 0 aliphatic carbocycles. The summed E-state index contributed by atoms with van der Waals surface area (Å²) >= 11 is 1.08. The Bertz CT molecular complexity index is 424. The lowest BCUT2D eigenvalue weighted by Crippen LogP contribution is -2.61. The molecule has 0 aromatic rings. The van der Waals surface area contributed by atoms with Crippen molar-refractivity contribution in [3.8, 4) is 0 Å². The number of aliphatic hydroxyl groups is 2. The second-order valence-corrected chi connectivity index (χ2v) is 6.16. The van der Waals surface area contributed by atoms with Gasteiger partial charge in [0.05, 0.1) is 0 Å². The zero-order valence-corrected chi connectivity index (χ0v) is 12.9. The van der Waals surface area contributed by atoms with Gasteiger partial charge in [-0.25, -0.2) is 0 Å². The average Bonchev–Trinajstić information content (AvgIpc) is 2.86. The van der Waals surface area contributed by atoms with Gasteiger partial charge in [-0.15, -0.1) is 0 Å². The summed E-state index contributed by atoms with van der Waals surface area (Å²) in [5.41, 5.74) is -0.791. The van der Waals surface area contributed by atoms with Crippen molar-refractivity contribution in [2.75, 3.05) is 13.7 Å². The molecule has 6 nitrogen and oxygen atoms in total. The first-order valence-electron chi connectivity index (χ1n) is 6.91. The minimum atomic E-state index is -4.71. The van der Waals surface area contributed by atoms with E-state index in [-0.39, 0.29) is 6.61 Å². The van der Waals surface area contributed by atoms with Gasteiger partial charge >= 0.3 is 6.18 Å². The summed E-state index contributed by atoms with van der Waals surface area (Å²) in [4.78, 5) is 4.09. The number of ether oxygens (including phenoxy) is 2. The van der Waals surface area contributed by atoms with Crippen molar-refractivity contribution in [3.63, 3.8) is 0 Å². The Morgan fingerprint density at radius 1 is 1.41 bits per heavy atom. The van der Waals surface area contributed by atoms with Crippen molar-refractivity contribution in [2.45, 2.75) is 55.4 Å². The predicted octanol–water partition coefficient (Wildman–Crippen LogP) is 0.481. The number of nitrogens with zero attached hydrogens (tertiary/aromatic N) is 1. The molecule has 0 saturated carbocycles. The van der Waals surface area contributed by atoms with Crippen LogP contribution < -0.4 is 5.32 Å². The minimum Gasteiger partial charge on any atom is -0.388 e. The second-order valence-electron chi connectivity index (χ2n) is 5.08. The average molecular weight is 344 g/mol. The number of hydrogen-bond acceptors (Lipinski definition) is 7. The summed E-state index contributed by atoms with van der Waals surface area (Å²) in [6.45, 7) is 1.56. The standard InChI is InChI=1S/C12H19F3N2O4S/c1-3-4-20-9(12(13,14)15)8-7(19)6(18)5-10(21-8)22-11(16-2)17-5/h5-10,18-19H,3-4H2,1-2H3,(H,16,17)/t5-,6-,7+,8?,9-,10-/m1/s1. The molecular weight excluding hydrogens is 325 g/mol. The van der Waals surface area contributed by atoms with Crippen LogP contribution in [-0.4, -0.2) is 71.1 Å². The summed E-state index contributed by atoms with van der Waals surface area (Å²) in [6.07, 6.45) is -11.5. The number of halogens is 3. The third-order valence-corrected chi connectivity index (χ3v) is 4.59. The zero-order chi connectivity index (χ0) is 16.5. The van der Waals surface area contributed by atoms with Gasteiger partial charge in [0.1, 0.15) is 29.8 Å². The summed E-state index contributed by atoms with van der Waals surface area (Å²) in [5.74, 6) is 0. The van der Waals surface area contributed by atoms with Gasteiger partial charge in [0, 0.05) is 13.7 Å². The Kier molecular flexibility index (Phi) is 5.59. The highest BCUT2D eigenvalue weighted by molar-refractivity contribution is 8.14. The van der Waals surface area contributed by atoms with Crippen LogP contribution in [0.25, 0.3) is 0 Å². The quantitative estimate of drug-likeness (QED) is 0.688. The molecule has 3 N–H and O–H groups in total. The van der Waals surface area contributed by atoms with Crippen LogP contribution in [0.4, 0.5) is 13.2 Å². The van der Waals surface area contributed by atoms with Gasteiger partial charge in [-0.1, -0.05) is 18.7 Å². The van der Waals surface area contributed by atoms with E-state index in [1.54, 1.807) is 14.0 Å². The Morgan fingerprint density at radius 3 is 2.64 bits per heavy atom. The lowest BCUT2D eigenvalue weighted by Gasteiger charge is -2.41. The lowest BCUT2D eigenvalue weighted by atomic mass is 9.94. The molecule has 128 valence electrons. The number of hydrogen-bond donors (Lipinski definition) is 3. The second kappa shape index (κ2) is 6.91. The van der Waals surface area contributed by atoms with Crippen molar-refractivity contribution in [3.05, 3.63) is 0 Å². The molecule has 2 heterocycles. The van der Waals surface area contributed by atoms with Crippen LogP contribution >= 0.6 is 11.8 Å². The highest BCUT2D eigenvalue weighted by atomic mass is 32.2. The van der Waals surface area contributed by atoms with Crippen molar-refractivity contribution in [1.82, 2.24) is 5.32 Å². The number of aliphatic imine (C=N–C) groups is 1. The molecule has 6 atom stereocenters. The largest absolute Gasteiger partial charge is 0.417 e. The van der Waals surface area contributed by atoms with Crippen molar-refractivity contribution >= 4 is 16.9 Å². The Labute approximate surface area is 130 Å². The summed E-state index contributed by atoms with van der Waals surface area (Å²) < 4.78 is 49.7. The smallest absolute Gasteiger partial charge is 0.388 e. The Morgan fingerprint density at radius 2 is 2.09 bits per heavy atom. The molecule has 1 unspecified atom stereocenters. The molecule has 2 aliphatic rings. The predicted molar refractivity (Wildman–Crippen MR) is 74.6 cm³/mol. The topological polar surface area (TPSA) is 83.3 Å². The highest BCUT2D eigenvalue weighted by Gasteiger charge is 2.56. The van der Waals surface area contributed by atoms with Gasteiger partial charge in [0.15, 0.2) is 11.3 Å². The molecule has 1 fully saturated rings. The van der Waals surface area contributed by atoms with Gasteiger partial charge < -0.3 is 25.0 Å². The van der Waals surface area contributed by atoms with Crippen LogP contribution in [0.15, 0.2) is 4.99 Å². The van der Waals surface area contributed by atoms with Gasteiger partial charge in [0.25, 0.3) is 0 Å². The van der Waals surface area contributed by atoms with E-state index in [1.807, 2.05) is 0 Å². The number of alkyl halides is 3. The van der Waals surface area contributed by atoms with E-state index >= 15 is 0 Å². The Hall–Kier alpha value is -0.550. The van der Waals surface area contributed by atoms with Crippen molar-refractivity contribution in [2.24, 2.45) is 4.99 Å². The first-order chi connectivity index (χ1) is 10.3. The van der Waals surface area contributed by atoms with Gasteiger partial charge in [-0.3, -0.25) is 4.99 Å². The van der Waals surface area contributed by atoms with E-state index in [1.165, 1.54) is 0 Å². The number of fused-ring (bicyclic) bond motifs is 1. The maximum Gasteiger partial charge on any atom is 0.417 e. The van der Waals surface area contributed by atoms with Gasteiger partial charge in [0.2, 0.25) is 0 Å². The SMILES string of the molecule is CCCO[C@H](C1O[C@@H]2SC(NC)=N[C@@H]2[C@@H](O)[C@@H]1O)C(F)(F)F. The van der Waals surface area contributed by atoms with Crippen LogP contribution in [0, 0.1) is 0 Å². The molecule has 0 aromatic carbocycles. The van der Waals surface area contributed by atoms with Crippen LogP contribution in [-0.2, 0) is 9.47 Å². The highest BCUT2D eigenvalue weighted by Crippen LogP contribution is 2.39. The monoisotopic (exact) mass is 344 g/mol. The molecule has 0 bridgehead atoms.